The molecule has 1 heterocycles. The minimum absolute atomic E-state index is 0.179. The Hall–Kier alpha value is -3.55. The lowest BCUT2D eigenvalue weighted by molar-refractivity contribution is -0.115. The molecule has 0 bridgehead atoms. The Bertz CT molecular complexity index is 1290. The molecule has 0 aromatic heterocycles. The number of nitrogens with zero attached hydrogens (tertiary/aromatic N) is 1. The molecule has 1 saturated heterocycles. The van der Waals surface area contributed by atoms with E-state index in [1.54, 1.807) is 42.5 Å². The van der Waals surface area contributed by atoms with Crippen molar-refractivity contribution >= 4 is 52.2 Å². The van der Waals surface area contributed by atoms with Crippen LogP contribution in [0.25, 0.3) is 6.08 Å². The second-order valence-corrected chi connectivity index (χ2v) is 8.74. The molecule has 1 aliphatic heterocycles. The third-order valence-corrected chi connectivity index (χ3v) is 5.94. The molecule has 1 fully saturated rings. The Morgan fingerprint density at radius 1 is 1.15 bits per heavy atom. The van der Waals surface area contributed by atoms with Crippen LogP contribution in [0, 0.1) is 6.92 Å². The largest absolute Gasteiger partial charge is 0.487 e. The van der Waals surface area contributed by atoms with E-state index in [9.17, 15) is 9.59 Å². The van der Waals surface area contributed by atoms with Crippen LogP contribution in [0.15, 0.2) is 76.6 Å². The summed E-state index contributed by atoms with van der Waals surface area (Å²) in [4.78, 5) is 28.4. The van der Waals surface area contributed by atoms with Gasteiger partial charge in [0.25, 0.3) is 5.91 Å². The zero-order chi connectivity index (χ0) is 23.4. The first-order valence-corrected chi connectivity index (χ1v) is 11.2. The molecule has 0 saturated carbocycles. The third kappa shape index (κ3) is 5.83. The standard InChI is InChI=1S/C25H19ClN2O4S/c1-15-5-8-19(9-6-15)27-25-28-23(29)22(33-25)13-16-7-10-21(20(26)12-16)32-14-17-3-2-4-18(11-17)24(30)31/h2-13H,14H2,1H3,(H,30,31)(H,27,28,29)/b22-13+. The lowest BCUT2D eigenvalue weighted by Gasteiger charge is -2.09. The summed E-state index contributed by atoms with van der Waals surface area (Å²) in [5, 5.41) is 12.8. The number of halogens is 1. The number of aromatic carboxylic acids is 1. The number of carboxylic acids is 1. The van der Waals surface area contributed by atoms with Gasteiger partial charge >= 0.3 is 5.97 Å². The van der Waals surface area contributed by atoms with Crippen molar-refractivity contribution in [3.63, 3.8) is 0 Å². The molecule has 4 rings (SSSR count). The molecule has 0 unspecified atom stereocenters. The molecule has 0 radical (unpaired) electrons. The maximum absolute atomic E-state index is 12.3. The van der Waals surface area contributed by atoms with E-state index in [-0.39, 0.29) is 18.1 Å². The Kier molecular flexibility index (Phi) is 6.82. The fourth-order valence-corrected chi connectivity index (χ4v) is 4.13. The number of aryl methyl sites for hydroxylation is 1. The molecule has 0 aliphatic carbocycles. The second kappa shape index (κ2) is 9.94. The number of amides is 1. The van der Waals surface area contributed by atoms with Gasteiger partial charge in [-0.05, 0) is 72.3 Å². The smallest absolute Gasteiger partial charge is 0.335 e. The number of benzene rings is 3. The lowest BCUT2D eigenvalue weighted by Crippen LogP contribution is -2.19. The van der Waals surface area contributed by atoms with Gasteiger partial charge in [-0.25, -0.2) is 9.79 Å². The van der Waals surface area contributed by atoms with E-state index in [4.69, 9.17) is 21.4 Å². The number of nitrogens with one attached hydrogen (secondary N) is 1. The third-order valence-electron chi connectivity index (χ3n) is 4.74. The first kappa shape index (κ1) is 22.6. The molecule has 1 amide bonds. The molecule has 0 spiro atoms. The summed E-state index contributed by atoms with van der Waals surface area (Å²) in [6, 6.07) is 19.5. The van der Waals surface area contributed by atoms with Gasteiger partial charge in [0, 0.05) is 0 Å². The summed E-state index contributed by atoms with van der Waals surface area (Å²) in [5.74, 6) is -0.751. The number of hydrogen-bond donors (Lipinski definition) is 2. The summed E-state index contributed by atoms with van der Waals surface area (Å²) in [6.07, 6.45) is 1.74. The number of carbonyl (C=O) groups excluding carboxylic acids is 1. The van der Waals surface area contributed by atoms with Crippen molar-refractivity contribution in [3.05, 3.63) is 98.9 Å². The van der Waals surface area contributed by atoms with Crippen LogP contribution < -0.4 is 10.1 Å². The number of rotatable bonds is 6. The number of carboxylic acid groups (broad SMARTS) is 1. The zero-order valence-corrected chi connectivity index (χ0v) is 19.1. The van der Waals surface area contributed by atoms with E-state index in [0.29, 0.717) is 20.8 Å². The molecular weight excluding hydrogens is 460 g/mol. The first-order valence-electron chi connectivity index (χ1n) is 9.98. The van der Waals surface area contributed by atoms with Crippen LogP contribution in [0.5, 0.6) is 5.75 Å². The Labute approximate surface area is 200 Å². The van der Waals surface area contributed by atoms with Crippen molar-refractivity contribution in [2.45, 2.75) is 13.5 Å². The number of ether oxygens (including phenoxy) is 1. The van der Waals surface area contributed by atoms with Gasteiger partial charge in [-0.2, -0.15) is 0 Å². The molecule has 8 heteroatoms. The van der Waals surface area contributed by atoms with Crippen molar-refractivity contribution in [1.29, 1.82) is 0 Å². The quantitative estimate of drug-likeness (QED) is 0.436. The number of aliphatic imine (C=N–C) groups is 1. The van der Waals surface area contributed by atoms with E-state index < -0.39 is 5.97 Å². The molecule has 0 atom stereocenters. The highest BCUT2D eigenvalue weighted by Gasteiger charge is 2.24. The molecule has 1 aliphatic rings. The topological polar surface area (TPSA) is 88.0 Å². The van der Waals surface area contributed by atoms with Gasteiger partial charge in [0.2, 0.25) is 0 Å². The maximum Gasteiger partial charge on any atom is 0.335 e. The molecule has 3 aromatic carbocycles. The van der Waals surface area contributed by atoms with Crippen molar-refractivity contribution in [1.82, 2.24) is 5.32 Å². The SMILES string of the molecule is Cc1ccc(N=C2NC(=O)/C(=C\c3ccc(OCc4cccc(C(=O)O)c4)c(Cl)c3)S2)cc1. The van der Waals surface area contributed by atoms with E-state index in [1.165, 1.54) is 17.8 Å². The first-order chi connectivity index (χ1) is 15.9. The highest BCUT2D eigenvalue weighted by Crippen LogP contribution is 2.31. The molecule has 166 valence electrons. The van der Waals surface area contributed by atoms with Gasteiger partial charge in [0.1, 0.15) is 12.4 Å². The van der Waals surface area contributed by atoms with Crippen LogP contribution >= 0.6 is 23.4 Å². The minimum atomic E-state index is -0.992. The normalized spacial score (nSPS) is 15.6. The van der Waals surface area contributed by atoms with E-state index in [0.717, 1.165) is 22.4 Å². The van der Waals surface area contributed by atoms with Crippen molar-refractivity contribution in [2.75, 3.05) is 0 Å². The molecule has 6 nitrogen and oxygen atoms in total. The summed E-state index contributed by atoms with van der Waals surface area (Å²) >= 11 is 7.63. The van der Waals surface area contributed by atoms with Crippen LogP contribution in [0.3, 0.4) is 0 Å². The second-order valence-electron chi connectivity index (χ2n) is 7.30. The summed E-state index contributed by atoms with van der Waals surface area (Å²) in [6.45, 7) is 2.18. The maximum atomic E-state index is 12.3. The van der Waals surface area contributed by atoms with Crippen molar-refractivity contribution in [2.24, 2.45) is 4.99 Å². The zero-order valence-electron chi connectivity index (χ0n) is 17.5. The average molecular weight is 479 g/mol. The van der Waals surface area contributed by atoms with Crippen molar-refractivity contribution < 1.29 is 19.4 Å². The molecular formula is C25H19ClN2O4S. The Balaban J connectivity index is 1.44. The number of hydrogen-bond acceptors (Lipinski definition) is 5. The number of carbonyl (C=O) groups is 2. The Morgan fingerprint density at radius 2 is 1.94 bits per heavy atom. The Morgan fingerprint density at radius 3 is 2.67 bits per heavy atom. The van der Waals surface area contributed by atoms with Gasteiger partial charge in [-0.15, -0.1) is 0 Å². The van der Waals surface area contributed by atoms with Crippen LogP contribution in [0.4, 0.5) is 5.69 Å². The van der Waals surface area contributed by atoms with Crippen LogP contribution in [-0.4, -0.2) is 22.2 Å². The minimum Gasteiger partial charge on any atom is -0.487 e. The molecule has 33 heavy (non-hydrogen) atoms. The van der Waals surface area contributed by atoms with Gasteiger partial charge in [0.05, 0.1) is 21.2 Å². The predicted molar refractivity (Wildman–Crippen MR) is 131 cm³/mol. The monoisotopic (exact) mass is 478 g/mol. The number of amidine groups is 1. The summed E-state index contributed by atoms with van der Waals surface area (Å²) in [5.41, 5.74) is 3.57. The average Bonchev–Trinajstić information content (AvgIpc) is 3.13. The fraction of sp³-hybridized carbons (Fsp3) is 0.0800. The summed E-state index contributed by atoms with van der Waals surface area (Å²) < 4.78 is 5.75. The van der Waals surface area contributed by atoms with Crippen LogP contribution in [0.2, 0.25) is 5.02 Å². The lowest BCUT2D eigenvalue weighted by atomic mass is 10.1. The summed E-state index contributed by atoms with van der Waals surface area (Å²) in [7, 11) is 0. The van der Waals surface area contributed by atoms with E-state index in [2.05, 4.69) is 10.3 Å². The van der Waals surface area contributed by atoms with Gasteiger partial charge < -0.3 is 15.2 Å². The highest BCUT2D eigenvalue weighted by atomic mass is 35.5. The number of thioether (sulfide) groups is 1. The van der Waals surface area contributed by atoms with Crippen LogP contribution in [0.1, 0.15) is 27.0 Å². The van der Waals surface area contributed by atoms with Crippen molar-refractivity contribution in [3.8, 4) is 5.75 Å². The fourth-order valence-electron chi connectivity index (χ4n) is 3.05. The van der Waals surface area contributed by atoms with E-state index >= 15 is 0 Å². The van der Waals surface area contributed by atoms with E-state index in [1.807, 2.05) is 31.2 Å². The van der Waals surface area contributed by atoms with Gasteiger partial charge in [-0.3, -0.25) is 4.79 Å². The molecule has 3 aromatic rings. The molecule has 2 N–H and O–H groups in total. The highest BCUT2D eigenvalue weighted by molar-refractivity contribution is 8.18. The predicted octanol–water partition coefficient (Wildman–Crippen LogP) is 5.82. The van der Waals surface area contributed by atoms with Crippen LogP contribution in [-0.2, 0) is 11.4 Å². The van der Waals surface area contributed by atoms with Gasteiger partial charge in [-0.1, -0.05) is 47.5 Å². The van der Waals surface area contributed by atoms with Gasteiger partial charge in [0.15, 0.2) is 5.17 Å².